The van der Waals surface area contributed by atoms with Crippen molar-refractivity contribution < 1.29 is 4.74 Å². The summed E-state index contributed by atoms with van der Waals surface area (Å²) in [6.45, 7) is 12.1. The molecule has 106 valence electrons. The van der Waals surface area contributed by atoms with Gasteiger partial charge >= 0.3 is 0 Å². The molecule has 1 aliphatic heterocycles. The summed E-state index contributed by atoms with van der Waals surface area (Å²) < 4.78 is 5.36. The summed E-state index contributed by atoms with van der Waals surface area (Å²) >= 11 is 0. The van der Waals surface area contributed by atoms with Crippen molar-refractivity contribution in [1.29, 1.82) is 0 Å². The molecule has 1 aromatic rings. The van der Waals surface area contributed by atoms with Gasteiger partial charge in [0.2, 0.25) is 0 Å². The topological polar surface area (TPSA) is 50.3 Å². The van der Waals surface area contributed by atoms with Gasteiger partial charge in [-0.15, -0.1) is 0 Å². The van der Waals surface area contributed by atoms with Gasteiger partial charge in [0.1, 0.15) is 5.82 Å². The zero-order valence-electron chi connectivity index (χ0n) is 12.1. The number of hydrogen-bond acceptors (Lipinski definition) is 5. The molecule has 2 rings (SSSR count). The van der Waals surface area contributed by atoms with Gasteiger partial charge in [0.05, 0.1) is 24.6 Å². The highest BCUT2D eigenvalue weighted by Crippen LogP contribution is 2.10. The average Bonchev–Trinajstić information content (AvgIpc) is 2.41. The maximum absolute atomic E-state index is 5.36. The lowest BCUT2D eigenvalue weighted by Gasteiger charge is -2.29. The van der Waals surface area contributed by atoms with Crippen LogP contribution in [0.15, 0.2) is 6.20 Å². The number of hydrogen-bond donors (Lipinski definition) is 1. The molecular formula is C14H24N4O. The van der Waals surface area contributed by atoms with E-state index in [1.807, 2.05) is 13.8 Å². The van der Waals surface area contributed by atoms with Gasteiger partial charge in [-0.1, -0.05) is 6.92 Å². The Morgan fingerprint density at radius 1 is 1.37 bits per heavy atom. The highest BCUT2D eigenvalue weighted by Gasteiger charge is 2.14. The van der Waals surface area contributed by atoms with Crippen molar-refractivity contribution in [2.75, 3.05) is 44.7 Å². The molecule has 1 saturated heterocycles. The second kappa shape index (κ2) is 6.82. The third-order valence-electron chi connectivity index (χ3n) is 3.37. The quantitative estimate of drug-likeness (QED) is 0.873. The first-order valence-corrected chi connectivity index (χ1v) is 6.99. The number of aryl methyl sites for hydroxylation is 2. The van der Waals surface area contributed by atoms with Gasteiger partial charge < -0.3 is 10.1 Å². The van der Waals surface area contributed by atoms with Gasteiger partial charge in [0.25, 0.3) is 0 Å². The predicted molar refractivity (Wildman–Crippen MR) is 76.4 cm³/mol. The number of nitrogens with zero attached hydrogens (tertiary/aromatic N) is 3. The van der Waals surface area contributed by atoms with Crippen molar-refractivity contribution >= 4 is 5.82 Å². The molecule has 1 aromatic heterocycles. The minimum atomic E-state index is 0.583. The maximum Gasteiger partial charge on any atom is 0.147 e. The van der Waals surface area contributed by atoms with Crippen molar-refractivity contribution in [1.82, 2.24) is 14.9 Å². The SMILES string of the molecule is Cc1cnc(C)c(NCC(C)CN2CCOCC2)n1. The summed E-state index contributed by atoms with van der Waals surface area (Å²) in [5.41, 5.74) is 1.91. The van der Waals surface area contributed by atoms with Crippen molar-refractivity contribution in [2.24, 2.45) is 5.92 Å². The van der Waals surface area contributed by atoms with Crippen LogP contribution in [0.4, 0.5) is 5.82 Å². The lowest BCUT2D eigenvalue weighted by atomic mass is 10.1. The molecule has 2 heterocycles. The summed E-state index contributed by atoms with van der Waals surface area (Å²) in [6, 6.07) is 0. The van der Waals surface area contributed by atoms with E-state index in [0.717, 1.165) is 56.6 Å². The van der Waals surface area contributed by atoms with E-state index in [1.165, 1.54) is 0 Å². The molecule has 1 aliphatic rings. The molecule has 0 spiro atoms. The Morgan fingerprint density at radius 2 is 2.11 bits per heavy atom. The van der Waals surface area contributed by atoms with Gasteiger partial charge in [0, 0.05) is 32.4 Å². The van der Waals surface area contributed by atoms with Crippen LogP contribution >= 0.6 is 0 Å². The fourth-order valence-corrected chi connectivity index (χ4v) is 2.26. The Morgan fingerprint density at radius 3 is 2.84 bits per heavy atom. The highest BCUT2D eigenvalue weighted by molar-refractivity contribution is 5.39. The molecule has 0 radical (unpaired) electrons. The Labute approximate surface area is 115 Å². The first-order chi connectivity index (χ1) is 9.15. The van der Waals surface area contributed by atoms with Gasteiger partial charge in [0.15, 0.2) is 0 Å². The number of ether oxygens (including phenoxy) is 1. The smallest absolute Gasteiger partial charge is 0.147 e. The van der Waals surface area contributed by atoms with Gasteiger partial charge in [-0.25, -0.2) is 4.98 Å². The van der Waals surface area contributed by atoms with Crippen LogP contribution in [0, 0.1) is 19.8 Å². The fourth-order valence-electron chi connectivity index (χ4n) is 2.26. The third-order valence-corrected chi connectivity index (χ3v) is 3.37. The third kappa shape index (κ3) is 4.44. The number of anilines is 1. The van der Waals surface area contributed by atoms with Gasteiger partial charge in [-0.05, 0) is 19.8 Å². The van der Waals surface area contributed by atoms with Crippen LogP contribution in [0.3, 0.4) is 0 Å². The van der Waals surface area contributed by atoms with E-state index in [0.29, 0.717) is 5.92 Å². The molecule has 1 N–H and O–H groups in total. The van der Waals surface area contributed by atoms with E-state index in [2.05, 4.69) is 27.1 Å². The van der Waals surface area contributed by atoms with Crippen LogP contribution in [-0.4, -0.2) is 54.3 Å². The van der Waals surface area contributed by atoms with Crippen LogP contribution in [0.2, 0.25) is 0 Å². The first kappa shape index (κ1) is 14.2. The Hall–Kier alpha value is -1.20. The minimum Gasteiger partial charge on any atom is -0.379 e. The number of aromatic nitrogens is 2. The Balaban J connectivity index is 1.79. The van der Waals surface area contributed by atoms with Crippen molar-refractivity contribution in [3.05, 3.63) is 17.6 Å². The lowest BCUT2D eigenvalue weighted by molar-refractivity contribution is 0.0325. The minimum absolute atomic E-state index is 0.583. The number of nitrogens with one attached hydrogen (secondary N) is 1. The first-order valence-electron chi connectivity index (χ1n) is 6.99. The molecule has 1 atom stereocenters. The summed E-state index contributed by atoms with van der Waals surface area (Å²) in [4.78, 5) is 11.3. The summed E-state index contributed by atoms with van der Waals surface area (Å²) in [6.07, 6.45) is 1.80. The van der Waals surface area contributed by atoms with E-state index < -0.39 is 0 Å². The highest BCUT2D eigenvalue weighted by atomic mass is 16.5. The molecule has 0 saturated carbocycles. The largest absolute Gasteiger partial charge is 0.379 e. The molecule has 19 heavy (non-hydrogen) atoms. The second-order valence-corrected chi connectivity index (χ2v) is 5.34. The monoisotopic (exact) mass is 264 g/mol. The Bertz CT molecular complexity index is 404. The lowest BCUT2D eigenvalue weighted by Crippen LogP contribution is -2.40. The number of morpholine rings is 1. The van der Waals surface area contributed by atoms with E-state index >= 15 is 0 Å². The van der Waals surface area contributed by atoms with Crippen LogP contribution in [-0.2, 0) is 4.74 Å². The van der Waals surface area contributed by atoms with E-state index in [1.54, 1.807) is 6.20 Å². The van der Waals surface area contributed by atoms with Crippen LogP contribution in [0.1, 0.15) is 18.3 Å². The molecule has 1 unspecified atom stereocenters. The zero-order chi connectivity index (χ0) is 13.7. The van der Waals surface area contributed by atoms with E-state index in [-0.39, 0.29) is 0 Å². The summed E-state index contributed by atoms with van der Waals surface area (Å²) in [5, 5.41) is 3.41. The van der Waals surface area contributed by atoms with Crippen molar-refractivity contribution in [3.8, 4) is 0 Å². The molecule has 0 amide bonds. The summed E-state index contributed by atoms with van der Waals surface area (Å²) in [7, 11) is 0. The summed E-state index contributed by atoms with van der Waals surface area (Å²) in [5.74, 6) is 1.49. The van der Waals surface area contributed by atoms with E-state index in [9.17, 15) is 0 Å². The Kier molecular flexibility index (Phi) is 5.10. The zero-order valence-corrected chi connectivity index (χ0v) is 12.1. The van der Waals surface area contributed by atoms with Crippen molar-refractivity contribution in [2.45, 2.75) is 20.8 Å². The molecule has 0 aromatic carbocycles. The van der Waals surface area contributed by atoms with Gasteiger partial charge in [-0.2, -0.15) is 0 Å². The molecule has 5 heteroatoms. The average molecular weight is 264 g/mol. The number of rotatable bonds is 5. The molecule has 5 nitrogen and oxygen atoms in total. The molecule has 1 fully saturated rings. The maximum atomic E-state index is 5.36. The predicted octanol–water partition coefficient (Wildman–Crippen LogP) is 1.47. The fraction of sp³-hybridized carbons (Fsp3) is 0.714. The molecule has 0 aliphatic carbocycles. The normalized spacial score (nSPS) is 18.3. The van der Waals surface area contributed by atoms with Crippen molar-refractivity contribution in [3.63, 3.8) is 0 Å². The van der Waals surface area contributed by atoms with Crippen LogP contribution in [0.5, 0.6) is 0 Å². The van der Waals surface area contributed by atoms with E-state index in [4.69, 9.17) is 4.74 Å². The van der Waals surface area contributed by atoms with Crippen LogP contribution in [0.25, 0.3) is 0 Å². The molecule has 0 bridgehead atoms. The second-order valence-electron chi connectivity index (χ2n) is 5.34. The van der Waals surface area contributed by atoms with Crippen LogP contribution < -0.4 is 5.32 Å². The standard InChI is InChI=1S/C14H24N4O/c1-11(10-18-4-6-19-7-5-18)8-16-14-13(3)15-9-12(2)17-14/h9,11H,4-8,10H2,1-3H3,(H,16,17). The molecular weight excluding hydrogens is 240 g/mol. The van der Waals surface area contributed by atoms with Gasteiger partial charge in [-0.3, -0.25) is 9.88 Å².